The summed E-state index contributed by atoms with van der Waals surface area (Å²) in [6.07, 6.45) is 1.07. The molecule has 2 N–H and O–H groups in total. The summed E-state index contributed by atoms with van der Waals surface area (Å²) in [5, 5.41) is 0. The summed E-state index contributed by atoms with van der Waals surface area (Å²) in [5.41, 5.74) is 10.4. The maximum Gasteiger partial charge on any atom is 0.133 e. The van der Waals surface area contributed by atoms with Crippen LogP contribution in [-0.2, 0) is 6.42 Å². The van der Waals surface area contributed by atoms with Crippen molar-refractivity contribution in [1.29, 1.82) is 0 Å². The molecule has 0 aliphatic heterocycles. The first-order chi connectivity index (χ1) is 9.20. The van der Waals surface area contributed by atoms with E-state index in [-0.39, 0.29) is 6.04 Å². The van der Waals surface area contributed by atoms with Gasteiger partial charge in [-0.3, -0.25) is 0 Å². The Kier molecular flexibility index (Phi) is 3.33. The highest BCUT2D eigenvalue weighted by Gasteiger charge is 2.31. The zero-order chi connectivity index (χ0) is 13.4. The Bertz CT molecular complexity index is 611. The Hall–Kier alpha value is -1.32. The largest absolute Gasteiger partial charge is 0.496 e. The second kappa shape index (κ2) is 4.99. The van der Waals surface area contributed by atoms with Crippen molar-refractivity contribution in [1.82, 2.24) is 0 Å². The number of benzene rings is 2. The fourth-order valence-electron chi connectivity index (χ4n) is 2.74. The van der Waals surface area contributed by atoms with E-state index in [1.165, 1.54) is 11.1 Å². The number of ether oxygens (including phenoxy) is 1. The molecule has 2 atom stereocenters. The summed E-state index contributed by atoms with van der Waals surface area (Å²) < 4.78 is 6.20. The van der Waals surface area contributed by atoms with Crippen molar-refractivity contribution < 1.29 is 4.74 Å². The minimum absolute atomic E-state index is 0.0390. The van der Waals surface area contributed by atoms with Crippen molar-refractivity contribution in [2.75, 3.05) is 7.11 Å². The smallest absolute Gasteiger partial charge is 0.133 e. The minimum Gasteiger partial charge on any atom is -0.496 e. The molecule has 0 fully saturated rings. The summed E-state index contributed by atoms with van der Waals surface area (Å²) in [6, 6.07) is 14.7. The lowest BCUT2D eigenvalue weighted by Gasteiger charge is -2.35. The van der Waals surface area contributed by atoms with E-state index in [4.69, 9.17) is 10.5 Å². The van der Waals surface area contributed by atoms with Gasteiger partial charge in [0.25, 0.3) is 0 Å². The van der Waals surface area contributed by atoms with E-state index in [1.807, 2.05) is 6.07 Å². The Morgan fingerprint density at radius 3 is 2.74 bits per heavy atom. The van der Waals surface area contributed by atoms with Gasteiger partial charge in [-0.15, -0.1) is 0 Å². The van der Waals surface area contributed by atoms with Gasteiger partial charge in [0, 0.05) is 12.0 Å². The van der Waals surface area contributed by atoms with E-state index in [1.54, 1.807) is 7.11 Å². The van der Waals surface area contributed by atoms with E-state index in [2.05, 4.69) is 52.3 Å². The minimum atomic E-state index is 0.0390. The van der Waals surface area contributed by atoms with E-state index >= 15 is 0 Å². The molecule has 0 amide bonds. The van der Waals surface area contributed by atoms with Crippen LogP contribution < -0.4 is 10.5 Å². The second-order valence-corrected chi connectivity index (χ2v) is 5.78. The van der Waals surface area contributed by atoms with Crippen LogP contribution in [0.2, 0.25) is 0 Å². The van der Waals surface area contributed by atoms with Crippen LogP contribution >= 0.6 is 15.9 Å². The highest BCUT2D eigenvalue weighted by atomic mass is 79.9. The lowest BCUT2D eigenvalue weighted by molar-refractivity contribution is 0.411. The molecular formula is C16H16BrNO. The molecule has 2 aromatic carbocycles. The fraction of sp³-hybridized carbons (Fsp3) is 0.250. The van der Waals surface area contributed by atoms with Crippen molar-refractivity contribution in [3.63, 3.8) is 0 Å². The average Bonchev–Trinajstić information content (AvgIpc) is 2.40. The number of hydrogen-bond donors (Lipinski definition) is 1. The molecule has 98 valence electrons. The van der Waals surface area contributed by atoms with Gasteiger partial charge in [-0.05, 0) is 51.2 Å². The van der Waals surface area contributed by atoms with Gasteiger partial charge in [0.1, 0.15) is 5.75 Å². The number of halogens is 1. The summed E-state index contributed by atoms with van der Waals surface area (Å²) in [6.45, 7) is 0. The number of hydrogen-bond acceptors (Lipinski definition) is 2. The standard InChI is InChI=1S/C16H16BrNO/c1-19-15-7-6-11(9-14(15)17)16(18)13-8-10-4-2-3-5-12(10)13/h2-7,9,13,16H,8,18H2,1H3. The second-order valence-electron chi connectivity index (χ2n) is 4.93. The number of methoxy groups -OCH3 is 1. The third kappa shape index (κ3) is 2.17. The maximum absolute atomic E-state index is 6.41. The number of nitrogens with two attached hydrogens (primary N) is 1. The average molecular weight is 318 g/mol. The summed E-state index contributed by atoms with van der Waals surface area (Å²) >= 11 is 3.52. The van der Waals surface area contributed by atoms with Crippen LogP contribution in [0.1, 0.15) is 28.7 Å². The van der Waals surface area contributed by atoms with Crippen molar-refractivity contribution in [3.05, 3.63) is 63.6 Å². The monoisotopic (exact) mass is 317 g/mol. The Morgan fingerprint density at radius 1 is 1.26 bits per heavy atom. The van der Waals surface area contributed by atoms with Crippen molar-refractivity contribution in [3.8, 4) is 5.75 Å². The first kappa shape index (κ1) is 12.7. The summed E-state index contributed by atoms with van der Waals surface area (Å²) in [4.78, 5) is 0. The predicted molar refractivity (Wildman–Crippen MR) is 80.5 cm³/mol. The molecule has 0 bridgehead atoms. The molecule has 1 aliphatic rings. The van der Waals surface area contributed by atoms with Gasteiger partial charge in [0.15, 0.2) is 0 Å². The topological polar surface area (TPSA) is 35.2 Å². The molecule has 0 radical (unpaired) electrons. The van der Waals surface area contributed by atoms with Crippen molar-refractivity contribution in [2.45, 2.75) is 18.4 Å². The van der Waals surface area contributed by atoms with Gasteiger partial charge in [0.05, 0.1) is 11.6 Å². The normalized spacial score (nSPS) is 18.4. The molecular weight excluding hydrogens is 302 g/mol. The predicted octanol–water partition coefficient (Wildman–Crippen LogP) is 3.80. The third-order valence-electron chi connectivity index (χ3n) is 3.89. The molecule has 2 aromatic rings. The molecule has 3 heteroatoms. The fourth-order valence-corrected chi connectivity index (χ4v) is 3.30. The van der Waals surface area contributed by atoms with Crippen LogP contribution in [0.4, 0.5) is 0 Å². The highest BCUT2D eigenvalue weighted by molar-refractivity contribution is 9.10. The van der Waals surface area contributed by atoms with Crippen molar-refractivity contribution >= 4 is 15.9 Å². The Balaban J connectivity index is 1.86. The van der Waals surface area contributed by atoms with Gasteiger partial charge in [-0.1, -0.05) is 30.3 Å². The molecule has 0 spiro atoms. The molecule has 3 rings (SSSR count). The summed E-state index contributed by atoms with van der Waals surface area (Å²) in [7, 11) is 1.67. The third-order valence-corrected chi connectivity index (χ3v) is 4.51. The van der Waals surface area contributed by atoms with Crippen LogP contribution in [0.3, 0.4) is 0 Å². The van der Waals surface area contributed by atoms with Crippen LogP contribution in [0.5, 0.6) is 5.75 Å². The van der Waals surface area contributed by atoms with Gasteiger partial charge in [0.2, 0.25) is 0 Å². The molecule has 1 aliphatic carbocycles. The van der Waals surface area contributed by atoms with Crippen molar-refractivity contribution in [2.24, 2.45) is 5.73 Å². The van der Waals surface area contributed by atoms with E-state index < -0.39 is 0 Å². The molecule has 0 heterocycles. The van der Waals surface area contributed by atoms with Gasteiger partial charge in [-0.25, -0.2) is 0 Å². The highest BCUT2D eigenvalue weighted by Crippen LogP contribution is 2.43. The SMILES string of the molecule is COc1ccc(C(N)C2Cc3ccccc32)cc1Br. The molecule has 0 saturated heterocycles. The molecule has 19 heavy (non-hydrogen) atoms. The van der Waals surface area contributed by atoms with Crippen LogP contribution in [0, 0.1) is 0 Å². The quantitative estimate of drug-likeness (QED) is 0.934. The number of fused-ring (bicyclic) bond motifs is 1. The maximum atomic E-state index is 6.41. The molecule has 0 saturated carbocycles. The Morgan fingerprint density at radius 2 is 2.05 bits per heavy atom. The molecule has 2 unspecified atom stereocenters. The Labute approximate surface area is 121 Å². The van der Waals surface area contributed by atoms with Gasteiger partial charge in [-0.2, -0.15) is 0 Å². The van der Waals surface area contributed by atoms with Crippen LogP contribution in [-0.4, -0.2) is 7.11 Å². The lowest BCUT2D eigenvalue weighted by Crippen LogP contribution is -2.28. The first-order valence-corrected chi connectivity index (χ1v) is 7.17. The molecule has 0 aromatic heterocycles. The van der Waals surface area contributed by atoms with Gasteiger partial charge < -0.3 is 10.5 Å². The van der Waals surface area contributed by atoms with Gasteiger partial charge >= 0.3 is 0 Å². The van der Waals surface area contributed by atoms with Crippen LogP contribution in [0.15, 0.2) is 46.9 Å². The summed E-state index contributed by atoms with van der Waals surface area (Å²) in [5.74, 6) is 1.27. The van der Waals surface area contributed by atoms with Crippen LogP contribution in [0.25, 0.3) is 0 Å². The van der Waals surface area contributed by atoms with E-state index in [0.29, 0.717) is 5.92 Å². The van der Waals surface area contributed by atoms with E-state index in [0.717, 1.165) is 22.2 Å². The lowest BCUT2D eigenvalue weighted by atomic mass is 9.72. The zero-order valence-corrected chi connectivity index (χ0v) is 12.4. The van der Waals surface area contributed by atoms with E-state index in [9.17, 15) is 0 Å². The molecule has 2 nitrogen and oxygen atoms in total. The first-order valence-electron chi connectivity index (χ1n) is 6.37. The number of rotatable bonds is 3. The zero-order valence-electron chi connectivity index (χ0n) is 10.8.